The van der Waals surface area contributed by atoms with Crippen molar-refractivity contribution in [2.45, 2.75) is 26.1 Å². The number of carbonyl (C=O) groups excluding carboxylic acids is 2. The molecule has 126 valence electrons. The van der Waals surface area contributed by atoms with Gasteiger partial charge in [0.1, 0.15) is 6.10 Å². The molecular weight excluding hydrogens is 368 g/mol. The lowest BCUT2D eigenvalue weighted by Gasteiger charge is -2.22. The summed E-state index contributed by atoms with van der Waals surface area (Å²) >= 11 is 3.26. The van der Waals surface area contributed by atoms with Gasteiger partial charge in [0.2, 0.25) is 0 Å². The summed E-state index contributed by atoms with van der Waals surface area (Å²) in [6, 6.07) is 3.30. The normalized spacial score (nSPS) is 16.7. The highest BCUT2D eigenvalue weighted by molar-refractivity contribution is 9.09. The molecule has 1 aromatic carbocycles. The van der Waals surface area contributed by atoms with Crippen LogP contribution in [0.1, 0.15) is 29.3 Å². The van der Waals surface area contributed by atoms with Crippen molar-refractivity contribution in [2.75, 3.05) is 25.7 Å². The summed E-state index contributed by atoms with van der Waals surface area (Å²) in [7, 11) is 1.50. The Hall–Kier alpha value is -1.60. The Balaban J connectivity index is 2.09. The molecule has 0 amide bonds. The van der Waals surface area contributed by atoms with Crippen molar-refractivity contribution in [1.29, 1.82) is 0 Å². The number of ether oxygens (including phenoxy) is 4. The highest BCUT2D eigenvalue weighted by Crippen LogP contribution is 2.34. The van der Waals surface area contributed by atoms with Crippen LogP contribution in [0.5, 0.6) is 11.5 Å². The van der Waals surface area contributed by atoms with Gasteiger partial charge in [0.25, 0.3) is 0 Å². The molecule has 6 nitrogen and oxygen atoms in total. The van der Waals surface area contributed by atoms with Crippen molar-refractivity contribution >= 4 is 27.7 Å². The summed E-state index contributed by atoms with van der Waals surface area (Å²) in [4.78, 5) is 23.8. The molecule has 0 spiro atoms. The minimum absolute atomic E-state index is 0.112. The number of fused-ring (bicyclic) bond motifs is 1. The molecule has 1 aliphatic heterocycles. The third-order valence-corrected chi connectivity index (χ3v) is 3.96. The molecule has 1 aromatic rings. The van der Waals surface area contributed by atoms with Crippen LogP contribution in [-0.4, -0.2) is 43.5 Å². The van der Waals surface area contributed by atoms with Crippen LogP contribution in [0.15, 0.2) is 12.1 Å². The van der Waals surface area contributed by atoms with Crippen LogP contribution in [0.25, 0.3) is 0 Å². The number of rotatable bonds is 7. The van der Waals surface area contributed by atoms with E-state index in [2.05, 4.69) is 15.9 Å². The molecule has 1 atom stereocenters. The molecule has 7 heteroatoms. The lowest BCUT2D eigenvalue weighted by Crippen LogP contribution is -2.27. The van der Waals surface area contributed by atoms with Crippen LogP contribution in [0.4, 0.5) is 0 Å². The standard InChI is InChI=1S/C16H19BrO6/c1-10-16(19)12-7-14(13(20-2)6-11(12)8-22-10)23-9-15(18)21-5-3-4-17/h6-7,10H,3-5,8-9H2,1-2H3. The van der Waals surface area contributed by atoms with Gasteiger partial charge in [-0.2, -0.15) is 0 Å². The molecule has 1 unspecified atom stereocenters. The predicted molar refractivity (Wildman–Crippen MR) is 86.4 cm³/mol. The first-order valence-electron chi connectivity index (χ1n) is 7.28. The Morgan fingerprint density at radius 3 is 2.87 bits per heavy atom. The van der Waals surface area contributed by atoms with E-state index in [0.717, 1.165) is 17.3 Å². The van der Waals surface area contributed by atoms with E-state index in [1.165, 1.54) is 7.11 Å². The summed E-state index contributed by atoms with van der Waals surface area (Å²) in [5.41, 5.74) is 1.28. The summed E-state index contributed by atoms with van der Waals surface area (Å²) in [6.45, 7) is 2.14. The topological polar surface area (TPSA) is 71.1 Å². The molecule has 1 aliphatic rings. The van der Waals surface area contributed by atoms with E-state index >= 15 is 0 Å². The molecule has 23 heavy (non-hydrogen) atoms. The van der Waals surface area contributed by atoms with Gasteiger partial charge in [-0.25, -0.2) is 4.79 Å². The van der Waals surface area contributed by atoms with Crippen molar-refractivity contribution in [3.05, 3.63) is 23.3 Å². The van der Waals surface area contributed by atoms with Gasteiger partial charge in [-0.1, -0.05) is 15.9 Å². The number of hydrogen-bond donors (Lipinski definition) is 0. The SMILES string of the molecule is COc1cc2c(cc1OCC(=O)OCCCBr)C(=O)C(C)OC2. The van der Waals surface area contributed by atoms with Gasteiger partial charge in [0.05, 0.1) is 20.3 Å². The van der Waals surface area contributed by atoms with Crippen LogP contribution in [0, 0.1) is 0 Å². The average molecular weight is 387 g/mol. The first-order valence-corrected chi connectivity index (χ1v) is 8.40. The van der Waals surface area contributed by atoms with Crippen molar-refractivity contribution in [3.63, 3.8) is 0 Å². The van der Waals surface area contributed by atoms with Gasteiger partial charge in [-0.3, -0.25) is 4.79 Å². The first-order chi connectivity index (χ1) is 11.1. The van der Waals surface area contributed by atoms with Gasteiger partial charge in [-0.15, -0.1) is 0 Å². The van der Waals surface area contributed by atoms with Crippen molar-refractivity contribution in [2.24, 2.45) is 0 Å². The third-order valence-electron chi connectivity index (χ3n) is 3.40. The largest absolute Gasteiger partial charge is 0.493 e. The summed E-state index contributed by atoms with van der Waals surface area (Å²) in [6.07, 6.45) is 0.248. The quantitative estimate of drug-likeness (QED) is 0.407. The number of carbonyl (C=O) groups is 2. The molecule has 2 rings (SSSR count). The minimum Gasteiger partial charge on any atom is -0.493 e. The third kappa shape index (κ3) is 4.45. The van der Waals surface area contributed by atoms with Crippen LogP contribution in [0.3, 0.4) is 0 Å². The number of benzene rings is 1. The average Bonchev–Trinajstić information content (AvgIpc) is 2.56. The Labute approximate surface area is 143 Å². The van der Waals surface area contributed by atoms with Crippen LogP contribution in [-0.2, 0) is 20.9 Å². The van der Waals surface area contributed by atoms with Gasteiger partial charge >= 0.3 is 5.97 Å². The number of methoxy groups -OCH3 is 1. The van der Waals surface area contributed by atoms with Gasteiger partial charge < -0.3 is 18.9 Å². The number of halogens is 1. The van der Waals surface area contributed by atoms with E-state index in [1.807, 2.05) is 0 Å². The summed E-state index contributed by atoms with van der Waals surface area (Å²) in [5.74, 6) is 0.210. The van der Waals surface area contributed by atoms with Crippen molar-refractivity contribution in [1.82, 2.24) is 0 Å². The first kappa shape index (κ1) is 17.7. The van der Waals surface area contributed by atoms with E-state index in [0.29, 0.717) is 30.3 Å². The van der Waals surface area contributed by atoms with Gasteiger partial charge in [-0.05, 0) is 31.0 Å². The molecule has 0 aromatic heterocycles. The summed E-state index contributed by atoms with van der Waals surface area (Å²) < 4.78 is 21.1. The van der Waals surface area contributed by atoms with E-state index < -0.39 is 12.1 Å². The Kier molecular flexibility index (Phi) is 6.41. The van der Waals surface area contributed by atoms with E-state index in [-0.39, 0.29) is 12.4 Å². The number of esters is 1. The monoisotopic (exact) mass is 386 g/mol. The number of hydrogen-bond acceptors (Lipinski definition) is 6. The molecule has 0 aliphatic carbocycles. The van der Waals surface area contributed by atoms with E-state index in [4.69, 9.17) is 18.9 Å². The number of alkyl halides is 1. The molecule has 0 fully saturated rings. The second kappa shape index (κ2) is 8.31. The van der Waals surface area contributed by atoms with Crippen LogP contribution < -0.4 is 9.47 Å². The smallest absolute Gasteiger partial charge is 0.344 e. The Morgan fingerprint density at radius 2 is 2.17 bits per heavy atom. The maximum atomic E-state index is 12.2. The van der Waals surface area contributed by atoms with E-state index in [9.17, 15) is 9.59 Å². The Morgan fingerprint density at radius 1 is 1.39 bits per heavy atom. The van der Waals surface area contributed by atoms with E-state index in [1.54, 1.807) is 19.1 Å². The predicted octanol–water partition coefficient (Wildman–Crippen LogP) is 2.50. The Bertz CT molecular complexity index is 586. The van der Waals surface area contributed by atoms with Crippen molar-refractivity contribution in [3.8, 4) is 11.5 Å². The molecule has 0 N–H and O–H groups in total. The molecule has 0 radical (unpaired) electrons. The molecule has 1 heterocycles. The lowest BCUT2D eigenvalue weighted by atomic mass is 9.97. The summed E-state index contributed by atoms with van der Waals surface area (Å²) in [5, 5.41) is 0.766. The fraction of sp³-hybridized carbons (Fsp3) is 0.500. The molecule has 0 saturated heterocycles. The fourth-order valence-electron chi connectivity index (χ4n) is 2.15. The zero-order valence-corrected chi connectivity index (χ0v) is 14.7. The van der Waals surface area contributed by atoms with Gasteiger partial charge in [0.15, 0.2) is 23.9 Å². The van der Waals surface area contributed by atoms with Crippen LogP contribution >= 0.6 is 15.9 Å². The molecule has 0 bridgehead atoms. The van der Waals surface area contributed by atoms with Crippen molar-refractivity contribution < 1.29 is 28.5 Å². The zero-order valence-electron chi connectivity index (χ0n) is 13.1. The highest BCUT2D eigenvalue weighted by Gasteiger charge is 2.27. The lowest BCUT2D eigenvalue weighted by molar-refractivity contribution is -0.146. The second-order valence-corrected chi connectivity index (χ2v) is 5.82. The second-order valence-electron chi connectivity index (χ2n) is 5.03. The minimum atomic E-state index is -0.488. The maximum absolute atomic E-state index is 12.2. The maximum Gasteiger partial charge on any atom is 0.344 e. The fourth-order valence-corrected chi connectivity index (χ4v) is 2.38. The number of Topliss-reactive ketones (excluding diaryl/α,β-unsaturated/α-hetero) is 1. The molecular formula is C16H19BrO6. The van der Waals surface area contributed by atoms with Gasteiger partial charge in [0, 0.05) is 10.9 Å². The number of ketones is 1. The zero-order chi connectivity index (χ0) is 16.8. The highest BCUT2D eigenvalue weighted by atomic mass is 79.9. The van der Waals surface area contributed by atoms with Crippen LogP contribution in [0.2, 0.25) is 0 Å². The molecule has 0 saturated carbocycles.